The molecule has 1 aliphatic rings. The predicted octanol–water partition coefficient (Wildman–Crippen LogP) is 2.21. The number of hydrogen-bond acceptors (Lipinski definition) is 4. The Balaban J connectivity index is 1.83. The zero-order valence-electron chi connectivity index (χ0n) is 11.9. The molecule has 4 heteroatoms. The summed E-state index contributed by atoms with van der Waals surface area (Å²) in [6.07, 6.45) is 4.05. The first kappa shape index (κ1) is 14.8. The van der Waals surface area contributed by atoms with Gasteiger partial charge in [-0.15, -0.1) is 0 Å². The average Bonchev–Trinajstić information content (AvgIpc) is 2.47. The van der Waals surface area contributed by atoms with Crippen LogP contribution < -0.4 is 10.1 Å². The predicted molar refractivity (Wildman–Crippen MR) is 77.4 cm³/mol. The van der Waals surface area contributed by atoms with Gasteiger partial charge in [-0.2, -0.15) is 5.26 Å². The molecule has 0 spiro atoms. The van der Waals surface area contributed by atoms with E-state index in [4.69, 9.17) is 10.00 Å². The van der Waals surface area contributed by atoms with Crippen LogP contribution in [0.15, 0.2) is 18.2 Å². The van der Waals surface area contributed by atoms with E-state index in [1.54, 1.807) is 13.2 Å². The van der Waals surface area contributed by atoms with Crippen molar-refractivity contribution in [1.82, 2.24) is 5.32 Å². The van der Waals surface area contributed by atoms with Gasteiger partial charge in [-0.1, -0.05) is 12.5 Å². The van der Waals surface area contributed by atoms with E-state index in [0.717, 1.165) is 37.9 Å². The number of nitriles is 1. The van der Waals surface area contributed by atoms with E-state index < -0.39 is 0 Å². The van der Waals surface area contributed by atoms with E-state index in [1.165, 1.54) is 6.42 Å². The highest BCUT2D eigenvalue weighted by Crippen LogP contribution is 2.24. The standard InChI is InChI=1S/C16H22N2O2/c1-20-16-8-13(5-6-14(16)9-17)11-18-10-12-3-2-4-15(19)7-12/h5-6,8,12,15,18-19H,2-4,7,10-11H2,1H3. The van der Waals surface area contributed by atoms with Crippen molar-refractivity contribution >= 4 is 0 Å². The molecule has 2 N–H and O–H groups in total. The summed E-state index contributed by atoms with van der Waals surface area (Å²) >= 11 is 0. The van der Waals surface area contributed by atoms with Crippen LogP contribution >= 0.6 is 0 Å². The number of benzene rings is 1. The lowest BCUT2D eigenvalue weighted by atomic mass is 9.87. The van der Waals surface area contributed by atoms with E-state index in [-0.39, 0.29) is 6.10 Å². The van der Waals surface area contributed by atoms with Crippen LogP contribution in [0.4, 0.5) is 0 Å². The minimum atomic E-state index is -0.120. The molecule has 20 heavy (non-hydrogen) atoms. The summed E-state index contributed by atoms with van der Waals surface area (Å²) in [5, 5.41) is 22.0. The lowest BCUT2D eigenvalue weighted by Crippen LogP contribution is -2.28. The summed E-state index contributed by atoms with van der Waals surface area (Å²) in [5.74, 6) is 1.19. The van der Waals surface area contributed by atoms with Crippen molar-refractivity contribution in [2.24, 2.45) is 5.92 Å². The summed E-state index contributed by atoms with van der Waals surface area (Å²) in [4.78, 5) is 0. The lowest BCUT2D eigenvalue weighted by Gasteiger charge is -2.26. The number of methoxy groups -OCH3 is 1. The molecule has 1 fully saturated rings. The van der Waals surface area contributed by atoms with Crippen LogP contribution in [0.1, 0.15) is 36.8 Å². The highest BCUT2D eigenvalue weighted by atomic mass is 16.5. The zero-order valence-corrected chi connectivity index (χ0v) is 11.9. The molecule has 0 aromatic heterocycles. The van der Waals surface area contributed by atoms with Gasteiger partial charge in [0.2, 0.25) is 0 Å². The van der Waals surface area contributed by atoms with E-state index >= 15 is 0 Å². The minimum Gasteiger partial charge on any atom is -0.495 e. The van der Waals surface area contributed by atoms with Crippen LogP contribution in [0.5, 0.6) is 5.75 Å². The van der Waals surface area contributed by atoms with Crippen molar-refractivity contribution in [2.75, 3.05) is 13.7 Å². The van der Waals surface area contributed by atoms with Gasteiger partial charge < -0.3 is 15.2 Å². The SMILES string of the molecule is COc1cc(CNCC2CCCC(O)C2)ccc1C#N. The first-order chi connectivity index (χ1) is 9.72. The molecule has 1 aromatic rings. The van der Waals surface area contributed by atoms with Gasteiger partial charge in [0.1, 0.15) is 11.8 Å². The highest BCUT2D eigenvalue weighted by Gasteiger charge is 2.19. The quantitative estimate of drug-likeness (QED) is 0.864. The summed E-state index contributed by atoms with van der Waals surface area (Å²) in [5.41, 5.74) is 1.67. The maximum absolute atomic E-state index is 9.65. The topological polar surface area (TPSA) is 65.3 Å². The van der Waals surface area contributed by atoms with Crippen LogP contribution in [-0.4, -0.2) is 24.9 Å². The van der Waals surface area contributed by atoms with E-state index in [2.05, 4.69) is 11.4 Å². The van der Waals surface area contributed by atoms with Gasteiger partial charge in [0.15, 0.2) is 0 Å². The smallest absolute Gasteiger partial charge is 0.136 e. The molecule has 2 atom stereocenters. The molecule has 0 amide bonds. The fraction of sp³-hybridized carbons (Fsp3) is 0.562. The Kier molecular flexibility index (Phi) is 5.40. The van der Waals surface area contributed by atoms with Gasteiger partial charge in [-0.05, 0) is 49.4 Å². The van der Waals surface area contributed by atoms with Gasteiger partial charge in [-0.25, -0.2) is 0 Å². The maximum atomic E-state index is 9.65. The molecule has 0 saturated heterocycles. The van der Waals surface area contributed by atoms with Crippen LogP contribution in [0, 0.1) is 17.2 Å². The average molecular weight is 274 g/mol. The Morgan fingerprint density at radius 2 is 2.30 bits per heavy atom. The van der Waals surface area contributed by atoms with E-state index in [1.807, 2.05) is 12.1 Å². The number of hydrogen-bond donors (Lipinski definition) is 2. The van der Waals surface area contributed by atoms with Crippen LogP contribution in [0.2, 0.25) is 0 Å². The minimum absolute atomic E-state index is 0.120. The van der Waals surface area contributed by atoms with Crippen LogP contribution in [0.3, 0.4) is 0 Å². The number of ether oxygens (including phenoxy) is 1. The number of nitrogens with zero attached hydrogens (tertiary/aromatic N) is 1. The van der Waals surface area contributed by atoms with Crippen molar-refractivity contribution in [3.05, 3.63) is 29.3 Å². The lowest BCUT2D eigenvalue weighted by molar-refractivity contribution is 0.101. The molecule has 1 saturated carbocycles. The molecule has 0 radical (unpaired) electrons. The molecule has 0 bridgehead atoms. The van der Waals surface area contributed by atoms with Crippen molar-refractivity contribution in [3.8, 4) is 11.8 Å². The molecule has 0 heterocycles. The van der Waals surface area contributed by atoms with Crippen molar-refractivity contribution < 1.29 is 9.84 Å². The molecule has 1 aromatic carbocycles. The first-order valence-electron chi connectivity index (χ1n) is 7.18. The molecule has 4 nitrogen and oxygen atoms in total. The summed E-state index contributed by atoms with van der Waals surface area (Å²) in [6.45, 7) is 1.69. The Morgan fingerprint density at radius 3 is 3.00 bits per heavy atom. The van der Waals surface area contributed by atoms with E-state index in [9.17, 15) is 5.11 Å². The van der Waals surface area contributed by atoms with Gasteiger partial charge >= 0.3 is 0 Å². The van der Waals surface area contributed by atoms with Gasteiger partial charge in [0, 0.05) is 6.54 Å². The summed E-state index contributed by atoms with van der Waals surface area (Å²) < 4.78 is 5.20. The first-order valence-corrected chi connectivity index (χ1v) is 7.18. The number of rotatable bonds is 5. The Bertz CT molecular complexity index is 482. The number of aliphatic hydroxyl groups excluding tert-OH is 1. The maximum Gasteiger partial charge on any atom is 0.136 e. The second-order valence-corrected chi connectivity index (χ2v) is 5.46. The van der Waals surface area contributed by atoms with Crippen LogP contribution in [-0.2, 0) is 6.54 Å². The molecule has 0 aliphatic heterocycles. The van der Waals surface area contributed by atoms with Crippen molar-refractivity contribution in [2.45, 2.75) is 38.3 Å². The van der Waals surface area contributed by atoms with Crippen molar-refractivity contribution in [3.63, 3.8) is 0 Å². The molecule has 2 rings (SSSR count). The van der Waals surface area contributed by atoms with Crippen molar-refractivity contribution in [1.29, 1.82) is 5.26 Å². The Hall–Kier alpha value is -1.57. The number of nitrogens with one attached hydrogen (secondary N) is 1. The molecule has 2 unspecified atom stereocenters. The van der Waals surface area contributed by atoms with Crippen LogP contribution in [0.25, 0.3) is 0 Å². The fourth-order valence-electron chi connectivity index (χ4n) is 2.81. The van der Waals surface area contributed by atoms with Gasteiger partial charge in [0.05, 0.1) is 18.8 Å². The zero-order chi connectivity index (χ0) is 14.4. The largest absolute Gasteiger partial charge is 0.495 e. The normalized spacial score (nSPS) is 22.2. The molecule has 108 valence electrons. The third kappa shape index (κ3) is 3.96. The van der Waals surface area contributed by atoms with Gasteiger partial charge in [0.25, 0.3) is 0 Å². The summed E-state index contributed by atoms with van der Waals surface area (Å²) in [7, 11) is 1.58. The molecular formula is C16H22N2O2. The highest BCUT2D eigenvalue weighted by molar-refractivity contribution is 5.45. The fourth-order valence-corrected chi connectivity index (χ4v) is 2.81. The third-order valence-electron chi connectivity index (χ3n) is 3.90. The molecule has 1 aliphatic carbocycles. The summed E-state index contributed by atoms with van der Waals surface area (Å²) in [6, 6.07) is 7.76. The number of aliphatic hydroxyl groups is 1. The second-order valence-electron chi connectivity index (χ2n) is 5.46. The second kappa shape index (κ2) is 7.28. The third-order valence-corrected chi connectivity index (χ3v) is 3.90. The van der Waals surface area contributed by atoms with Gasteiger partial charge in [-0.3, -0.25) is 0 Å². The Labute approximate surface area is 120 Å². The molecular weight excluding hydrogens is 252 g/mol. The monoisotopic (exact) mass is 274 g/mol. The van der Waals surface area contributed by atoms with E-state index in [0.29, 0.717) is 17.2 Å². The Morgan fingerprint density at radius 1 is 1.45 bits per heavy atom.